The van der Waals surface area contributed by atoms with Crippen molar-refractivity contribution in [3.8, 4) is 5.88 Å². The zero-order valence-corrected chi connectivity index (χ0v) is 15.6. The first-order valence-electron chi connectivity index (χ1n) is 8.16. The van der Waals surface area contributed by atoms with Gasteiger partial charge in [0.25, 0.3) is 5.91 Å². The van der Waals surface area contributed by atoms with Gasteiger partial charge < -0.3 is 14.4 Å². The van der Waals surface area contributed by atoms with Gasteiger partial charge in [-0.1, -0.05) is 0 Å². The highest BCUT2D eigenvalue weighted by atomic mass is 32.2. The Bertz CT molecular complexity index is 695. The molecule has 1 amide bonds. The van der Waals surface area contributed by atoms with Gasteiger partial charge in [0.2, 0.25) is 15.9 Å². The Morgan fingerprint density at radius 2 is 2.28 bits per heavy atom. The number of methoxy groups -OCH3 is 1. The molecule has 1 aromatic heterocycles. The lowest BCUT2D eigenvalue weighted by Gasteiger charge is -2.32. The van der Waals surface area contributed by atoms with Crippen molar-refractivity contribution in [2.45, 2.75) is 19.4 Å². The normalized spacial score (nSPS) is 21.6. The van der Waals surface area contributed by atoms with Crippen LogP contribution >= 0.6 is 0 Å². The van der Waals surface area contributed by atoms with Crippen LogP contribution in [0.1, 0.15) is 23.7 Å². The van der Waals surface area contributed by atoms with Gasteiger partial charge in [0.1, 0.15) is 5.56 Å². The number of rotatable bonds is 6. The quantitative estimate of drug-likeness (QED) is 0.782. The van der Waals surface area contributed by atoms with E-state index in [0.717, 1.165) is 6.26 Å². The fourth-order valence-corrected chi connectivity index (χ4v) is 3.40. The number of carbonyl (C=O) groups is 1. The van der Waals surface area contributed by atoms with Crippen LogP contribution in [0.25, 0.3) is 0 Å². The van der Waals surface area contributed by atoms with E-state index in [2.05, 4.69) is 9.71 Å². The number of nitrogens with zero attached hydrogens (tertiary/aromatic N) is 2. The topological polar surface area (TPSA) is 97.8 Å². The Balaban J connectivity index is 2.12. The SMILES string of the molecule is COc1ncccc1C(=O)N1CCOC[C@@H](CCNS(C)(=O)=O)[C@@H]1C. The summed E-state index contributed by atoms with van der Waals surface area (Å²) >= 11 is 0. The standard InChI is InChI=1S/C16H25N3O5S/c1-12-13(6-8-18-25(3,21)22)11-24-10-9-19(12)16(20)14-5-4-7-17-15(14)23-2/h4-5,7,12-13,18H,6,8-11H2,1-3H3/t12-,13+/m0/s1. The lowest BCUT2D eigenvalue weighted by molar-refractivity contribution is 0.0654. The summed E-state index contributed by atoms with van der Waals surface area (Å²) in [6.07, 6.45) is 3.29. The first-order valence-corrected chi connectivity index (χ1v) is 10.0. The summed E-state index contributed by atoms with van der Waals surface area (Å²) in [6, 6.07) is 3.29. The number of ether oxygens (including phenoxy) is 2. The molecule has 2 atom stereocenters. The number of aromatic nitrogens is 1. The van der Waals surface area contributed by atoms with Gasteiger partial charge in [-0.3, -0.25) is 4.79 Å². The summed E-state index contributed by atoms with van der Waals surface area (Å²) < 4.78 is 35.7. The summed E-state index contributed by atoms with van der Waals surface area (Å²) in [5.41, 5.74) is 0.409. The molecule has 1 N–H and O–H groups in total. The minimum absolute atomic E-state index is 0.0309. The van der Waals surface area contributed by atoms with Crippen LogP contribution in [0.15, 0.2) is 18.3 Å². The van der Waals surface area contributed by atoms with Gasteiger partial charge in [0.15, 0.2) is 0 Å². The minimum Gasteiger partial charge on any atom is -0.480 e. The van der Waals surface area contributed by atoms with Crippen molar-refractivity contribution in [3.05, 3.63) is 23.9 Å². The number of nitrogens with one attached hydrogen (secondary N) is 1. The molecule has 1 aliphatic rings. The molecule has 0 spiro atoms. The van der Waals surface area contributed by atoms with Crippen LogP contribution < -0.4 is 9.46 Å². The predicted octanol–water partition coefficient (Wildman–Crippen LogP) is 0.507. The molecule has 1 aliphatic heterocycles. The minimum atomic E-state index is -3.23. The van der Waals surface area contributed by atoms with Crippen LogP contribution in [-0.4, -0.2) is 69.9 Å². The lowest BCUT2D eigenvalue weighted by atomic mass is 9.96. The van der Waals surface area contributed by atoms with Gasteiger partial charge >= 0.3 is 0 Å². The monoisotopic (exact) mass is 371 g/mol. The summed E-state index contributed by atoms with van der Waals surface area (Å²) in [4.78, 5) is 18.8. The second-order valence-corrected chi connectivity index (χ2v) is 7.92. The van der Waals surface area contributed by atoms with Crippen LogP contribution in [0.3, 0.4) is 0 Å². The molecule has 8 nitrogen and oxygen atoms in total. The van der Waals surface area contributed by atoms with Crippen LogP contribution in [-0.2, 0) is 14.8 Å². The Hall–Kier alpha value is -1.71. The Labute approximate surface area is 148 Å². The number of carbonyl (C=O) groups excluding carboxylic acids is 1. The zero-order valence-electron chi connectivity index (χ0n) is 14.8. The molecular formula is C16H25N3O5S. The summed E-state index contributed by atoms with van der Waals surface area (Å²) in [6.45, 7) is 3.67. The summed E-state index contributed by atoms with van der Waals surface area (Å²) in [5, 5.41) is 0. The first kappa shape index (κ1) is 19.6. The molecule has 25 heavy (non-hydrogen) atoms. The van der Waals surface area contributed by atoms with Crippen molar-refractivity contribution in [1.82, 2.24) is 14.6 Å². The Morgan fingerprint density at radius 1 is 1.52 bits per heavy atom. The average Bonchev–Trinajstić information content (AvgIpc) is 2.75. The van der Waals surface area contributed by atoms with Crippen molar-refractivity contribution in [2.24, 2.45) is 5.92 Å². The lowest BCUT2D eigenvalue weighted by Crippen LogP contribution is -2.44. The van der Waals surface area contributed by atoms with E-state index < -0.39 is 10.0 Å². The van der Waals surface area contributed by atoms with E-state index in [1.807, 2.05) is 6.92 Å². The average molecular weight is 371 g/mol. The molecular weight excluding hydrogens is 346 g/mol. The van der Waals surface area contributed by atoms with E-state index >= 15 is 0 Å². The van der Waals surface area contributed by atoms with E-state index in [-0.39, 0.29) is 17.9 Å². The molecule has 0 unspecified atom stereocenters. The fourth-order valence-electron chi connectivity index (χ4n) is 2.91. The highest BCUT2D eigenvalue weighted by Gasteiger charge is 2.31. The second kappa shape index (κ2) is 8.59. The van der Waals surface area contributed by atoms with Gasteiger partial charge in [-0.05, 0) is 25.5 Å². The van der Waals surface area contributed by atoms with Gasteiger partial charge in [-0.15, -0.1) is 0 Å². The summed E-state index contributed by atoms with van der Waals surface area (Å²) in [7, 11) is -1.75. The van der Waals surface area contributed by atoms with Gasteiger partial charge in [0.05, 0.1) is 26.6 Å². The van der Waals surface area contributed by atoms with Crippen LogP contribution in [0.5, 0.6) is 5.88 Å². The van der Waals surface area contributed by atoms with Crippen molar-refractivity contribution < 1.29 is 22.7 Å². The van der Waals surface area contributed by atoms with Crippen molar-refractivity contribution in [1.29, 1.82) is 0 Å². The molecule has 1 aromatic rings. The molecule has 0 radical (unpaired) electrons. The molecule has 1 fully saturated rings. The van der Waals surface area contributed by atoms with Crippen molar-refractivity contribution >= 4 is 15.9 Å². The maximum absolute atomic E-state index is 13.0. The fraction of sp³-hybridized carbons (Fsp3) is 0.625. The third-order valence-electron chi connectivity index (χ3n) is 4.32. The van der Waals surface area contributed by atoms with Gasteiger partial charge in [-0.2, -0.15) is 0 Å². The predicted molar refractivity (Wildman–Crippen MR) is 93.1 cm³/mol. The Morgan fingerprint density at radius 3 is 2.96 bits per heavy atom. The Kier molecular flexibility index (Phi) is 6.74. The number of amides is 1. The zero-order chi connectivity index (χ0) is 18.4. The molecule has 2 rings (SSSR count). The maximum Gasteiger partial charge on any atom is 0.259 e. The van der Waals surface area contributed by atoms with Crippen LogP contribution in [0.4, 0.5) is 0 Å². The molecule has 0 aliphatic carbocycles. The number of hydrogen-bond donors (Lipinski definition) is 1. The van der Waals surface area contributed by atoms with E-state index in [1.165, 1.54) is 7.11 Å². The van der Waals surface area contributed by atoms with Gasteiger partial charge in [-0.25, -0.2) is 18.1 Å². The smallest absolute Gasteiger partial charge is 0.259 e. The third-order valence-corrected chi connectivity index (χ3v) is 5.05. The number of hydrogen-bond acceptors (Lipinski definition) is 6. The molecule has 1 saturated heterocycles. The molecule has 9 heteroatoms. The first-order chi connectivity index (χ1) is 11.8. The van der Waals surface area contributed by atoms with E-state index in [0.29, 0.717) is 44.2 Å². The molecule has 2 heterocycles. The van der Waals surface area contributed by atoms with Crippen LogP contribution in [0.2, 0.25) is 0 Å². The number of pyridine rings is 1. The number of sulfonamides is 1. The van der Waals surface area contributed by atoms with Crippen LogP contribution in [0, 0.1) is 5.92 Å². The van der Waals surface area contributed by atoms with Crippen molar-refractivity contribution in [2.75, 3.05) is 39.7 Å². The largest absolute Gasteiger partial charge is 0.480 e. The molecule has 0 aromatic carbocycles. The molecule has 0 saturated carbocycles. The summed E-state index contributed by atoms with van der Waals surface area (Å²) in [5.74, 6) is 0.160. The highest BCUT2D eigenvalue weighted by molar-refractivity contribution is 7.88. The van der Waals surface area contributed by atoms with E-state index in [1.54, 1.807) is 23.2 Å². The van der Waals surface area contributed by atoms with E-state index in [4.69, 9.17) is 9.47 Å². The van der Waals surface area contributed by atoms with Crippen molar-refractivity contribution in [3.63, 3.8) is 0 Å². The van der Waals surface area contributed by atoms with E-state index in [9.17, 15) is 13.2 Å². The maximum atomic E-state index is 13.0. The third kappa shape index (κ3) is 5.38. The molecule has 140 valence electrons. The van der Waals surface area contributed by atoms with Gasteiger partial charge in [0, 0.05) is 31.2 Å². The molecule has 0 bridgehead atoms. The highest BCUT2D eigenvalue weighted by Crippen LogP contribution is 2.23. The second-order valence-electron chi connectivity index (χ2n) is 6.09.